The van der Waals surface area contributed by atoms with Gasteiger partial charge in [0, 0.05) is 5.71 Å². The van der Waals surface area contributed by atoms with E-state index >= 15 is 0 Å². The maximum absolute atomic E-state index is 13.9. The maximum atomic E-state index is 13.9. The van der Waals surface area contributed by atoms with Crippen LogP contribution < -0.4 is 9.47 Å². The summed E-state index contributed by atoms with van der Waals surface area (Å²) in [5.41, 5.74) is 0.643. The van der Waals surface area contributed by atoms with Crippen LogP contribution in [0.5, 0.6) is 11.5 Å². The smallest absolute Gasteiger partial charge is 0.200 e. The Bertz CT molecular complexity index is 1200. The second-order valence-corrected chi connectivity index (χ2v) is 16.2. The van der Waals surface area contributed by atoms with E-state index in [1.807, 2.05) is 0 Å². The van der Waals surface area contributed by atoms with Gasteiger partial charge in [0.2, 0.25) is 11.6 Å². The maximum Gasteiger partial charge on any atom is 0.200 e. The summed E-state index contributed by atoms with van der Waals surface area (Å²) in [6.45, 7) is 8.89. The molecule has 4 saturated carbocycles. The summed E-state index contributed by atoms with van der Waals surface area (Å²) in [6.07, 6.45) is 20.9. The molecule has 0 spiro atoms. The third kappa shape index (κ3) is 9.93. The zero-order chi connectivity index (χ0) is 34.2. The van der Waals surface area contributed by atoms with Crippen LogP contribution in [0.1, 0.15) is 133 Å². The van der Waals surface area contributed by atoms with Crippen molar-refractivity contribution >= 4 is 0 Å². The number of rotatable bonds is 8. The van der Waals surface area contributed by atoms with Gasteiger partial charge in [-0.3, -0.25) is 0 Å². The van der Waals surface area contributed by atoms with Crippen LogP contribution in [0, 0.1) is 84.5 Å². The Kier molecular flexibility index (Phi) is 13.6. The van der Waals surface area contributed by atoms with Crippen molar-refractivity contribution < 1.29 is 32.7 Å². The lowest BCUT2D eigenvalue weighted by molar-refractivity contribution is 0.124. The zero-order valence-electron chi connectivity index (χ0n) is 30.0. The number of halogens is 4. The van der Waals surface area contributed by atoms with E-state index < -0.39 is 23.3 Å². The first-order chi connectivity index (χ1) is 23.1. The van der Waals surface area contributed by atoms with Gasteiger partial charge in [-0.05, 0) is 162 Å². The van der Waals surface area contributed by atoms with Gasteiger partial charge in [-0.1, -0.05) is 51.7 Å². The van der Waals surface area contributed by atoms with Gasteiger partial charge in [0.25, 0.3) is 0 Å². The lowest BCUT2D eigenvalue weighted by Gasteiger charge is -2.37. The minimum Gasteiger partial charge on any atom is -0.490 e. The van der Waals surface area contributed by atoms with Gasteiger partial charge in [-0.25, -0.2) is 8.78 Å². The summed E-state index contributed by atoms with van der Waals surface area (Å²) in [5, 5.41) is 0. The van der Waals surface area contributed by atoms with E-state index in [2.05, 4.69) is 13.8 Å². The van der Waals surface area contributed by atoms with E-state index in [4.69, 9.17) is 9.47 Å². The minimum atomic E-state index is -0.847. The number of hydrogen-bond donors (Lipinski definition) is 0. The molecule has 4 aliphatic rings. The Balaban J connectivity index is 0.000000483. The summed E-state index contributed by atoms with van der Waals surface area (Å²) in [5.74, 6) is 3.23. The van der Waals surface area contributed by atoms with Crippen molar-refractivity contribution in [1.29, 1.82) is 0 Å². The van der Waals surface area contributed by atoms with Crippen LogP contribution in [-0.4, -0.2) is 13.2 Å². The van der Waals surface area contributed by atoms with E-state index in [1.54, 1.807) is 38.1 Å². The molecule has 4 fully saturated rings. The molecule has 48 heavy (non-hydrogen) atoms. The van der Waals surface area contributed by atoms with Crippen LogP contribution >= 0.6 is 0 Å². The predicted molar refractivity (Wildman–Crippen MR) is 195 cm³/mol. The molecule has 0 radical (unpaired) electrons. The fraction of sp³-hybridized carbons (Fsp3) is 0.714. The highest BCUT2D eigenvalue weighted by molar-refractivity contribution is 5.31. The standard InChI is InChI=1S/2C21H30F2O.4H2/c2*1-14-3-8-17(9-4-14)18-10-6-16(7-11-18)13-24-19-12-5-15(2)20(22)21(19)23;;;;/h2*5,12,14,16-18H,3-4,6-11,13H2,1-2H3;4*1H. The molecule has 0 saturated heterocycles. The summed E-state index contributed by atoms with van der Waals surface area (Å²) in [7, 11) is 0. The Hall–Kier alpha value is -2.24. The average Bonchev–Trinajstić information content (AvgIpc) is 3.10. The molecule has 0 heterocycles. The van der Waals surface area contributed by atoms with Gasteiger partial charge in [-0.15, -0.1) is 0 Å². The van der Waals surface area contributed by atoms with Gasteiger partial charge < -0.3 is 9.47 Å². The highest BCUT2D eigenvalue weighted by Crippen LogP contribution is 2.43. The van der Waals surface area contributed by atoms with Crippen molar-refractivity contribution in [2.24, 2.45) is 47.3 Å². The molecule has 0 amide bonds. The minimum absolute atomic E-state index is 0. The molecule has 2 aromatic rings. The summed E-state index contributed by atoms with van der Waals surface area (Å²) >= 11 is 0. The monoisotopic (exact) mass is 681 g/mol. The SMILES string of the molecule is Cc1ccc(OCC2CCC(C3CCC(C)CC3)CC2)c(F)c1F.Cc1ccc(OCC2CCC(C3CCC(C)CC3)CC2)c(F)c1F.[HH].[HH].[HH].[HH]. The summed E-state index contributed by atoms with van der Waals surface area (Å²) < 4.78 is 66.1. The van der Waals surface area contributed by atoms with Crippen LogP contribution in [0.4, 0.5) is 17.6 Å². The first-order valence-corrected chi connectivity index (χ1v) is 19.2. The Morgan fingerprint density at radius 3 is 1.06 bits per heavy atom. The van der Waals surface area contributed by atoms with Crippen LogP contribution in [0.3, 0.4) is 0 Å². The third-order valence-corrected chi connectivity index (χ3v) is 12.7. The van der Waals surface area contributed by atoms with E-state index in [-0.39, 0.29) is 17.2 Å². The number of ether oxygens (including phenoxy) is 2. The molecule has 0 N–H and O–H groups in total. The van der Waals surface area contributed by atoms with Crippen LogP contribution in [0.2, 0.25) is 0 Å². The van der Waals surface area contributed by atoms with Crippen molar-refractivity contribution in [3.63, 3.8) is 0 Å². The van der Waals surface area contributed by atoms with Gasteiger partial charge in [-0.2, -0.15) is 8.78 Å². The Morgan fingerprint density at radius 2 is 0.750 bits per heavy atom. The third-order valence-electron chi connectivity index (χ3n) is 12.7. The first-order valence-electron chi connectivity index (χ1n) is 19.2. The van der Waals surface area contributed by atoms with Crippen molar-refractivity contribution in [2.45, 2.75) is 130 Å². The molecule has 6 rings (SSSR count). The first kappa shape index (κ1) is 37.0. The number of aryl methyl sites for hydroxylation is 2. The quantitative estimate of drug-likeness (QED) is 0.258. The fourth-order valence-corrected chi connectivity index (χ4v) is 9.06. The molecule has 0 unspecified atom stereocenters. The van der Waals surface area contributed by atoms with Gasteiger partial charge >= 0.3 is 0 Å². The normalized spacial score (nSPS) is 31.0. The van der Waals surface area contributed by atoms with Gasteiger partial charge in [0.05, 0.1) is 13.2 Å². The van der Waals surface area contributed by atoms with Crippen LogP contribution in [0.15, 0.2) is 24.3 Å². The number of benzene rings is 2. The molecule has 6 heteroatoms. The molecule has 4 aliphatic carbocycles. The highest BCUT2D eigenvalue weighted by Gasteiger charge is 2.32. The van der Waals surface area contributed by atoms with Gasteiger partial charge in [0.1, 0.15) is 0 Å². The molecule has 2 nitrogen and oxygen atoms in total. The van der Waals surface area contributed by atoms with Gasteiger partial charge in [0.15, 0.2) is 23.1 Å². The topological polar surface area (TPSA) is 18.5 Å². The van der Waals surface area contributed by atoms with Crippen molar-refractivity contribution in [1.82, 2.24) is 0 Å². The Labute approximate surface area is 293 Å². The van der Waals surface area contributed by atoms with E-state index in [9.17, 15) is 17.6 Å². The predicted octanol–water partition coefficient (Wildman–Crippen LogP) is 13.6. The fourth-order valence-electron chi connectivity index (χ4n) is 9.06. The van der Waals surface area contributed by atoms with E-state index in [0.29, 0.717) is 36.2 Å². The van der Waals surface area contributed by atoms with Crippen molar-refractivity contribution in [2.75, 3.05) is 13.2 Å². The zero-order valence-corrected chi connectivity index (χ0v) is 30.0. The Morgan fingerprint density at radius 1 is 0.458 bits per heavy atom. The second kappa shape index (κ2) is 17.6. The average molecular weight is 681 g/mol. The van der Waals surface area contributed by atoms with E-state index in [1.165, 1.54) is 77.0 Å². The van der Waals surface area contributed by atoms with E-state index in [0.717, 1.165) is 61.2 Å². The molecular formula is C42H68F4O2. The molecular weight excluding hydrogens is 612 g/mol. The summed E-state index contributed by atoms with van der Waals surface area (Å²) in [4.78, 5) is 0. The number of hydrogen-bond acceptors (Lipinski definition) is 2. The van der Waals surface area contributed by atoms with Crippen LogP contribution in [0.25, 0.3) is 0 Å². The molecule has 2 aromatic carbocycles. The molecule has 0 bridgehead atoms. The second-order valence-electron chi connectivity index (χ2n) is 16.2. The molecule has 0 aliphatic heterocycles. The lowest BCUT2D eigenvalue weighted by Crippen LogP contribution is -2.27. The van der Waals surface area contributed by atoms with Crippen molar-refractivity contribution in [3.8, 4) is 11.5 Å². The molecule has 0 aromatic heterocycles. The van der Waals surface area contributed by atoms with Crippen LogP contribution in [-0.2, 0) is 0 Å². The largest absolute Gasteiger partial charge is 0.490 e. The van der Waals surface area contributed by atoms with Crippen molar-refractivity contribution in [3.05, 3.63) is 58.7 Å². The summed E-state index contributed by atoms with van der Waals surface area (Å²) in [6, 6.07) is 6.24. The highest BCUT2D eigenvalue weighted by atomic mass is 19.2. The molecule has 276 valence electrons. The lowest BCUT2D eigenvalue weighted by atomic mass is 9.69. The molecule has 0 atom stereocenters.